The Morgan fingerprint density at radius 2 is 1.20 bits per heavy atom. The van der Waals surface area contributed by atoms with Crippen LogP contribution in [0.2, 0.25) is 5.04 Å². The zero-order valence-electron chi connectivity index (χ0n) is 26.9. The van der Waals surface area contributed by atoms with Crippen LogP contribution in [-0.4, -0.2) is 21.0 Å². The van der Waals surface area contributed by atoms with Crippen molar-refractivity contribution in [2.24, 2.45) is 0 Å². The highest BCUT2D eigenvalue weighted by molar-refractivity contribution is 7.00. The Morgan fingerprint density at radius 1 is 0.674 bits per heavy atom. The van der Waals surface area contributed by atoms with Crippen molar-refractivity contribution in [3.8, 4) is 5.75 Å². The van der Waals surface area contributed by atoms with Crippen molar-refractivity contribution in [3.05, 3.63) is 156 Å². The number of amides is 1. The van der Waals surface area contributed by atoms with E-state index in [2.05, 4.69) is 106 Å². The number of hydrogen-bond acceptors (Lipinski definition) is 3. The fourth-order valence-corrected chi connectivity index (χ4v) is 11.0. The molecule has 0 N–H and O–H groups in total. The van der Waals surface area contributed by atoms with Crippen LogP contribution in [0.3, 0.4) is 0 Å². The first-order chi connectivity index (χ1) is 22.4. The van der Waals surface area contributed by atoms with E-state index in [1.54, 1.807) is 4.90 Å². The highest BCUT2D eigenvalue weighted by atomic mass is 28.4. The summed E-state index contributed by atoms with van der Waals surface area (Å²) in [5.41, 5.74) is 5.25. The maximum Gasteiger partial charge on any atom is 0.418 e. The van der Waals surface area contributed by atoms with Gasteiger partial charge in [0.25, 0.3) is 0 Å². The largest absolute Gasteiger partial charge is 0.534 e. The Balaban J connectivity index is 1.23. The summed E-state index contributed by atoms with van der Waals surface area (Å²) in [4.78, 5) is 15.0. The highest BCUT2D eigenvalue weighted by Gasteiger charge is 2.52. The number of benzene rings is 5. The molecule has 6 rings (SSSR count). The average molecular weight is 624 g/mol. The quantitative estimate of drug-likeness (QED) is 0.154. The van der Waals surface area contributed by atoms with Crippen LogP contribution >= 0.6 is 0 Å². The third kappa shape index (κ3) is 6.42. The molecular formula is C41H41NO3Si. The summed E-state index contributed by atoms with van der Waals surface area (Å²) in [6, 6.07) is 47.2. The maximum absolute atomic E-state index is 13.3. The Morgan fingerprint density at radius 3 is 1.72 bits per heavy atom. The maximum atomic E-state index is 13.3. The van der Waals surface area contributed by atoms with E-state index in [-0.39, 0.29) is 11.1 Å². The zero-order valence-corrected chi connectivity index (χ0v) is 27.9. The predicted molar refractivity (Wildman–Crippen MR) is 192 cm³/mol. The summed E-state index contributed by atoms with van der Waals surface area (Å²) in [5, 5.41) is 2.41. The van der Waals surface area contributed by atoms with Gasteiger partial charge >= 0.3 is 14.4 Å². The summed E-state index contributed by atoms with van der Waals surface area (Å²) >= 11 is 0. The normalized spacial score (nSPS) is 12.9. The van der Waals surface area contributed by atoms with Gasteiger partial charge in [-0.1, -0.05) is 142 Å². The van der Waals surface area contributed by atoms with E-state index in [0.717, 1.165) is 30.0 Å². The van der Waals surface area contributed by atoms with Gasteiger partial charge in [0.05, 0.1) is 18.0 Å². The van der Waals surface area contributed by atoms with Crippen LogP contribution < -0.4 is 19.7 Å². The highest BCUT2D eigenvalue weighted by Crippen LogP contribution is 2.40. The zero-order chi connectivity index (χ0) is 32.0. The van der Waals surface area contributed by atoms with Crippen LogP contribution in [0.25, 0.3) is 6.08 Å². The van der Waals surface area contributed by atoms with Crippen molar-refractivity contribution in [2.75, 3.05) is 11.5 Å². The second-order valence-electron chi connectivity index (χ2n) is 12.8. The standard InChI is InChI=1S/C41H41NO3Si/c1-41(2,3)46(36-22-12-6-13-23-36,37-24-14-7-15-25-37)45-39-26-16-17-33-31-32(27-28-38(33)39)29-30-44-40(43)42(34-18-8-4-9-19-34)35-20-10-5-11-21-35/h4-26,31H,27-30H2,1-3H3. The van der Waals surface area contributed by atoms with Crippen LogP contribution in [0.4, 0.5) is 16.2 Å². The van der Waals surface area contributed by atoms with Crippen molar-refractivity contribution in [3.63, 3.8) is 0 Å². The molecule has 0 saturated heterocycles. The molecule has 4 nitrogen and oxygen atoms in total. The minimum absolute atomic E-state index is 0.120. The van der Waals surface area contributed by atoms with Crippen molar-refractivity contribution in [1.29, 1.82) is 0 Å². The molecule has 232 valence electrons. The molecule has 1 amide bonds. The molecule has 0 unspecified atom stereocenters. The predicted octanol–water partition coefficient (Wildman–Crippen LogP) is 9.32. The summed E-state index contributed by atoms with van der Waals surface area (Å²) in [5.74, 6) is 0.967. The van der Waals surface area contributed by atoms with Gasteiger partial charge in [0.15, 0.2) is 0 Å². The number of fused-ring (bicyclic) bond motifs is 1. The lowest BCUT2D eigenvalue weighted by Gasteiger charge is -2.43. The van der Waals surface area contributed by atoms with Crippen LogP contribution in [0, 0.1) is 0 Å². The molecule has 46 heavy (non-hydrogen) atoms. The number of rotatable bonds is 9. The summed E-state index contributed by atoms with van der Waals surface area (Å²) < 4.78 is 13.3. The number of anilines is 2. The van der Waals surface area contributed by atoms with Crippen LogP contribution in [-0.2, 0) is 11.2 Å². The number of hydrogen-bond donors (Lipinski definition) is 0. The second kappa shape index (κ2) is 13.6. The Bertz CT molecular complexity index is 1700. The van der Waals surface area contributed by atoms with Crippen LogP contribution in [0.1, 0.15) is 44.7 Å². The first kappa shape index (κ1) is 31.1. The summed E-state index contributed by atoms with van der Waals surface area (Å²) in [6.45, 7) is 7.24. The lowest BCUT2D eigenvalue weighted by atomic mass is 9.90. The first-order valence-corrected chi connectivity index (χ1v) is 18.0. The lowest BCUT2D eigenvalue weighted by molar-refractivity contribution is 0.157. The number of nitrogens with zero attached hydrogens (tertiary/aromatic N) is 1. The van der Waals surface area contributed by atoms with E-state index < -0.39 is 8.32 Å². The molecule has 0 aromatic heterocycles. The molecule has 0 aliphatic heterocycles. The van der Waals surface area contributed by atoms with Crippen LogP contribution in [0.15, 0.2) is 145 Å². The number of para-hydroxylation sites is 2. The minimum atomic E-state index is -2.75. The SMILES string of the molecule is CC(C)(C)[Si](Oc1cccc2c1CCC(CCOC(=O)N(c1ccccc1)c1ccccc1)=C2)(c1ccccc1)c1ccccc1. The number of ether oxygens (including phenoxy) is 1. The Labute approximate surface area is 274 Å². The Hall–Kier alpha value is -4.87. The number of carbonyl (C=O) groups is 1. The minimum Gasteiger partial charge on any atom is -0.534 e. The van der Waals surface area contributed by atoms with Gasteiger partial charge in [0, 0.05) is 12.0 Å². The van der Waals surface area contributed by atoms with Gasteiger partial charge in [-0.25, -0.2) is 9.69 Å². The van der Waals surface area contributed by atoms with E-state index in [4.69, 9.17) is 9.16 Å². The molecule has 0 heterocycles. The molecule has 0 saturated carbocycles. The molecule has 1 aliphatic carbocycles. The van der Waals surface area contributed by atoms with Gasteiger partial charge < -0.3 is 9.16 Å². The Kier molecular flexibility index (Phi) is 9.22. The molecule has 0 bridgehead atoms. The van der Waals surface area contributed by atoms with Crippen molar-refractivity contribution < 1.29 is 14.0 Å². The molecule has 0 atom stereocenters. The first-order valence-electron chi connectivity index (χ1n) is 16.1. The lowest BCUT2D eigenvalue weighted by Crippen LogP contribution is -2.68. The fourth-order valence-electron chi connectivity index (χ4n) is 6.52. The topological polar surface area (TPSA) is 38.8 Å². The molecule has 5 heteroatoms. The number of carbonyl (C=O) groups excluding carboxylic acids is 1. The molecule has 0 fully saturated rings. The van der Waals surface area contributed by atoms with Gasteiger partial charge in [0.1, 0.15) is 5.75 Å². The molecule has 5 aromatic carbocycles. The van der Waals surface area contributed by atoms with Gasteiger partial charge in [-0.3, -0.25) is 0 Å². The smallest absolute Gasteiger partial charge is 0.418 e. The molecular weight excluding hydrogens is 583 g/mol. The van der Waals surface area contributed by atoms with Gasteiger partial charge in [-0.05, 0) is 64.1 Å². The van der Waals surface area contributed by atoms with Crippen LogP contribution in [0.5, 0.6) is 5.75 Å². The third-order valence-corrected chi connectivity index (χ3v) is 13.7. The van der Waals surface area contributed by atoms with Crippen molar-refractivity contribution in [1.82, 2.24) is 0 Å². The second-order valence-corrected chi connectivity index (χ2v) is 17.0. The molecule has 0 radical (unpaired) electrons. The van der Waals surface area contributed by atoms with E-state index in [0.29, 0.717) is 13.0 Å². The molecule has 1 aliphatic rings. The summed E-state index contributed by atoms with van der Waals surface area (Å²) in [7, 11) is -2.75. The summed E-state index contributed by atoms with van der Waals surface area (Å²) in [6.07, 6.45) is 4.34. The fraction of sp³-hybridized carbons (Fsp3) is 0.195. The van der Waals surface area contributed by atoms with Crippen molar-refractivity contribution in [2.45, 2.75) is 45.1 Å². The monoisotopic (exact) mass is 623 g/mol. The third-order valence-electron chi connectivity index (χ3n) is 8.76. The van der Waals surface area contributed by atoms with E-state index >= 15 is 0 Å². The van der Waals surface area contributed by atoms with E-state index in [1.165, 1.54) is 27.1 Å². The average Bonchev–Trinajstić information content (AvgIpc) is 3.08. The van der Waals surface area contributed by atoms with Gasteiger partial charge in [-0.15, -0.1) is 0 Å². The molecule has 5 aromatic rings. The molecule has 0 spiro atoms. The van der Waals surface area contributed by atoms with Gasteiger partial charge in [-0.2, -0.15) is 0 Å². The van der Waals surface area contributed by atoms with Crippen molar-refractivity contribution >= 4 is 42.2 Å². The van der Waals surface area contributed by atoms with E-state index in [1.807, 2.05) is 60.7 Å². The van der Waals surface area contributed by atoms with E-state index in [9.17, 15) is 4.79 Å². The van der Waals surface area contributed by atoms with Gasteiger partial charge in [0.2, 0.25) is 0 Å².